The molecule has 0 aliphatic carbocycles. The molecule has 0 spiro atoms. The van der Waals surface area contributed by atoms with Gasteiger partial charge in [0.25, 0.3) is 0 Å². The van der Waals surface area contributed by atoms with Crippen molar-refractivity contribution in [2.75, 3.05) is 6.61 Å². The van der Waals surface area contributed by atoms with Gasteiger partial charge in [-0.15, -0.1) is 0 Å². The Morgan fingerprint density at radius 3 is 2.24 bits per heavy atom. The van der Waals surface area contributed by atoms with E-state index in [9.17, 15) is 4.79 Å². The van der Waals surface area contributed by atoms with Crippen LogP contribution >= 0.6 is 0 Å². The first-order chi connectivity index (χ1) is 7.60. The molecule has 0 aromatic rings. The quantitative estimate of drug-likeness (QED) is 0.539. The lowest BCUT2D eigenvalue weighted by atomic mass is 10.2. The minimum Gasteiger partial charge on any atom is -0.466 e. The monoisotopic (exact) mass is 260 g/mol. The van der Waals surface area contributed by atoms with Crippen molar-refractivity contribution in [3.63, 3.8) is 0 Å². The summed E-state index contributed by atoms with van der Waals surface area (Å²) in [6.07, 6.45) is 1.31. The third-order valence-electron chi connectivity index (χ3n) is 3.36. The standard InChI is InChI=1S/C13H28O3Si/c1-8-15-12(14)10-9-11(2)16-17(6,7)13(3,4)5/h11H,8-10H2,1-7H3/t11-/m0/s1. The molecule has 4 heteroatoms. The van der Waals surface area contributed by atoms with Gasteiger partial charge in [-0.2, -0.15) is 0 Å². The van der Waals surface area contributed by atoms with E-state index in [4.69, 9.17) is 9.16 Å². The minimum absolute atomic E-state index is 0.125. The molecule has 0 bridgehead atoms. The zero-order valence-corrected chi connectivity index (χ0v) is 13.4. The lowest BCUT2D eigenvalue weighted by Gasteiger charge is -2.38. The van der Waals surface area contributed by atoms with Crippen molar-refractivity contribution in [3.05, 3.63) is 0 Å². The maximum Gasteiger partial charge on any atom is 0.305 e. The maximum atomic E-state index is 11.2. The van der Waals surface area contributed by atoms with Gasteiger partial charge in [0.1, 0.15) is 0 Å². The van der Waals surface area contributed by atoms with Crippen molar-refractivity contribution < 1.29 is 14.0 Å². The Bertz CT molecular complexity index is 244. The number of carbonyl (C=O) groups is 1. The van der Waals surface area contributed by atoms with Gasteiger partial charge in [-0.3, -0.25) is 4.79 Å². The smallest absolute Gasteiger partial charge is 0.305 e. The third-order valence-corrected chi connectivity index (χ3v) is 7.97. The number of ether oxygens (including phenoxy) is 1. The summed E-state index contributed by atoms with van der Waals surface area (Å²) in [5.41, 5.74) is 0. The molecule has 0 aliphatic rings. The van der Waals surface area contributed by atoms with Gasteiger partial charge in [0.05, 0.1) is 6.61 Å². The molecule has 0 heterocycles. The zero-order valence-electron chi connectivity index (χ0n) is 12.4. The molecule has 0 saturated carbocycles. The molecule has 0 aliphatic heterocycles. The predicted molar refractivity (Wildman–Crippen MR) is 73.6 cm³/mol. The number of hydrogen-bond donors (Lipinski definition) is 0. The fourth-order valence-electron chi connectivity index (χ4n) is 1.29. The molecule has 1 atom stereocenters. The van der Waals surface area contributed by atoms with E-state index in [1.807, 2.05) is 13.8 Å². The van der Waals surface area contributed by atoms with Crippen LogP contribution in [0.2, 0.25) is 18.1 Å². The topological polar surface area (TPSA) is 35.5 Å². The molecule has 0 aromatic carbocycles. The van der Waals surface area contributed by atoms with Crippen LogP contribution in [0.5, 0.6) is 0 Å². The summed E-state index contributed by atoms with van der Waals surface area (Å²) in [5.74, 6) is -0.127. The van der Waals surface area contributed by atoms with Gasteiger partial charge in [-0.25, -0.2) is 0 Å². The normalized spacial score (nSPS) is 14.5. The Labute approximate surface area is 107 Å². The SMILES string of the molecule is CCOC(=O)CC[C@H](C)O[Si](C)(C)C(C)(C)C. The van der Waals surface area contributed by atoms with E-state index in [1.165, 1.54) is 0 Å². The van der Waals surface area contributed by atoms with Crippen LogP contribution in [0.15, 0.2) is 0 Å². The van der Waals surface area contributed by atoms with Gasteiger partial charge < -0.3 is 9.16 Å². The van der Waals surface area contributed by atoms with Gasteiger partial charge in [0.15, 0.2) is 8.32 Å². The van der Waals surface area contributed by atoms with Crippen LogP contribution in [0, 0.1) is 0 Å². The van der Waals surface area contributed by atoms with Gasteiger partial charge in [0, 0.05) is 12.5 Å². The first-order valence-corrected chi connectivity index (χ1v) is 9.34. The average molecular weight is 260 g/mol. The molecule has 102 valence electrons. The van der Waals surface area contributed by atoms with Crippen LogP contribution in [-0.4, -0.2) is 27.0 Å². The third kappa shape index (κ3) is 6.22. The molecule has 3 nitrogen and oxygen atoms in total. The van der Waals surface area contributed by atoms with E-state index in [0.29, 0.717) is 13.0 Å². The van der Waals surface area contributed by atoms with Crippen LogP contribution in [0.3, 0.4) is 0 Å². The summed E-state index contributed by atoms with van der Waals surface area (Å²) in [6.45, 7) is 15.4. The molecular weight excluding hydrogens is 232 g/mol. The van der Waals surface area contributed by atoms with Crippen LogP contribution in [0.1, 0.15) is 47.5 Å². The Morgan fingerprint density at radius 1 is 1.29 bits per heavy atom. The zero-order chi connectivity index (χ0) is 13.7. The summed E-state index contributed by atoms with van der Waals surface area (Å²) >= 11 is 0. The Kier molecular flexibility index (Phi) is 6.41. The highest BCUT2D eigenvalue weighted by atomic mass is 28.4. The highest BCUT2D eigenvalue weighted by molar-refractivity contribution is 6.74. The van der Waals surface area contributed by atoms with Gasteiger partial charge >= 0.3 is 5.97 Å². The molecule has 0 amide bonds. The number of esters is 1. The molecule has 0 saturated heterocycles. The van der Waals surface area contributed by atoms with E-state index in [2.05, 4.69) is 33.9 Å². The molecule has 17 heavy (non-hydrogen) atoms. The molecule has 0 unspecified atom stereocenters. The highest BCUT2D eigenvalue weighted by Gasteiger charge is 2.38. The minimum atomic E-state index is -1.71. The molecule has 0 rings (SSSR count). The first kappa shape index (κ1) is 16.6. The van der Waals surface area contributed by atoms with Crippen molar-refractivity contribution in [2.45, 2.75) is 71.7 Å². The maximum absolute atomic E-state index is 11.2. The first-order valence-electron chi connectivity index (χ1n) is 6.43. The van der Waals surface area contributed by atoms with Crippen LogP contribution in [0.4, 0.5) is 0 Å². The largest absolute Gasteiger partial charge is 0.466 e. The Balaban J connectivity index is 4.10. The highest BCUT2D eigenvalue weighted by Crippen LogP contribution is 2.37. The van der Waals surface area contributed by atoms with E-state index in [1.54, 1.807) is 0 Å². The number of carbonyl (C=O) groups excluding carboxylic acids is 1. The van der Waals surface area contributed by atoms with Crippen molar-refractivity contribution >= 4 is 14.3 Å². The molecule has 0 N–H and O–H groups in total. The van der Waals surface area contributed by atoms with E-state index in [0.717, 1.165) is 6.42 Å². The molecule has 0 radical (unpaired) electrons. The summed E-state index contributed by atoms with van der Waals surface area (Å²) in [6, 6.07) is 0. The summed E-state index contributed by atoms with van der Waals surface area (Å²) in [7, 11) is -1.71. The lowest BCUT2D eigenvalue weighted by molar-refractivity contribution is -0.143. The van der Waals surface area contributed by atoms with Crippen molar-refractivity contribution in [3.8, 4) is 0 Å². The van der Waals surface area contributed by atoms with Crippen LogP contribution < -0.4 is 0 Å². The average Bonchev–Trinajstić information content (AvgIpc) is 2.12. The molecule has 0 fully saturated rings. The number of rotatable bonds is 6. The molecular formula is C13H28O3Si. The van der Waals surface area contributed by atoms with Crippen LogP contribution in [-0.2, 0) is 14.0 Å². The summed E-state index contributed by atoms with van der Waals surface area (Å²) in [5, 5.41) is 0.213. The van der Waals surface area contributed by atoms with Gasteiger partial charge in [-0.1, -0.05) is 20.8 Å². The van der Waals surface area contributed by atoms with E-state index >= 15 is 0 Å². The predicted octanol–water partition coefficient (Wildman–Crippen LogP) is 3.74. The van der Waals surface area contributed by atoms with Gasteiger partial charge in [0.2, 0.25) is 0 Å². The summed E-state index contributed by atoms with van der Waals surface area (Å²) in [4.78, 5) is 11.2. The second kappa shape index (κ2) is 6.54. The second-order valence-electron chi connectivity index (χ2n) is 6.03. The van der Waals surface area contributed by atoms with E-state index in [-0.39, 0.29) is 17.1 Å². The van der Waals surface area contributed by atoms with Gasteiger partial charge in [-0.05, 0) is 38.4 Å². The fraction of sp³-hybridized carbons (Fsp3) is 0.923. The summed E-state index contributed by atoms with van der Waals surface area (Å²) < 4.78 is 11.1. The Morgan fingerprint density at radius 2 is 1.82 bits per heavy atom. The second-order valence-corrected chi connectivity index (χ2v) is 10.8. The molecule has 0 aromatic heterocycles. The van der Waals surface area contributed by atoms with Crippen molar-refractivity contribution in [1.82, 2.24) is 0 Å². The van der Waals surface area contributed by atoms with Crippen LogP contribution in [0.25, 0.3) is 0 Å². The van der Waals surface area contributed by atoms with E-state index < -0.39 is 8.32 Å². The van der Waals surface area contributed by atoms with Crippen molar-refractivity contribution in [1.29, 1.82) is 0 Å². The fourth-order valence-corrected chi connectivity index (χ4v) is 2.77. The number of hydrogen-bond acceptors (Lipinski definition) is 3. The lowest BCUT2D eigenvalue weighted by Crippen LogP contribution is -2.43. The van der Waals surface area contributed by atoms with Crippen molar-refractivity contribution in [2.24, 2.45) is 0 Å². The Hall–Kier alpha value is -0.353.